The van der Waals surface area contributed by atoms with Gasteiger partial charge in [0.15, 0.2) is 20.0 Å². The van der Waals surface area contributed by atoms with Gasteiger partial charge in [-0.15, -0.1) is 0 Å². The van der Waals surface area contributed by atoms with Crippen LogP contribution < -0.4 is 5.32 Å². The fraction of sp³-hybridized carbons (Fsp3) is 0.538. The normalized spacial score (nSPS) is 17.8. The number of nitrogens with zero attached hydrogens (tertiary/aromatic N) is 2. The molecule has 1 aliphatic rings. The Hall–Kier alpha value is -2.36. The first-order valence-electron chi connectivity index (χ1n) is 12.1. The van der Waals surface area contributed by atoms with Crippen molar-refractivity contribution >= 4 is 14.3 Å². The Morgan fingerprint density at radius 3 is 2.60 bits per heavy atom. The lowest BCUT2D eigenvalue weighted by atomic mass is 10.0. The molecule has 192 valence electrons. The van der Waals surface area contributed by atoms with E-state index < -0.39 is 26.1 Å². The Labute approximate surface area is 208 Å². The molecule has 1 N–H and O–H groups in total. The van der Waals surface area contributed by atoms with E-state index in [1.807, 2.05) is 12.1 Å². The standard InChI is InChI=1S/C26H37F2N3O3Si/c1-26(2,3)35(4,5)34-18-20(14-19-8-10-29-11-9-19)16-30-25(32)31-12-13-33-24(17-31)21-6-7-22(27)23(28)15-21/h6-11,15,20,24H,12-14,16-18H2,1-5H3,(H,30,32). The van der Waals surface area contributed by atoms with Crippen molar-refractivity contribution in [1.82, 2.24) is 15.2 Å². The van der Waals surface area contributed by atoms with Gasteiger partial charge in [-0.1, -0.05) is 26.8 Å². The molecule has 0 radical (unpaired) electrons. The van der Waals surface area contributed by atoms with Crippen molar-refractivity contribution in [3.63, 3.8) is 0 Å². The Morgan fingerprint density at radius 2 is 1.94 bits per heavy atom. The molecule has 9 heteroatoms. The van der Waals surface area contributed by atoms with Gasteiger partial charge in [0.05, 0.1) is 13.2 Å². The number of benzene rings is 1. The first kappa shape index (κ1) is 27.2. The molecule has 1 fully saturated rings. The number of aromatic nitrogens is 1. The van der Waals surface area contributed by atoms with Crippen LogP contribution in [0.2, 0.25) is 18.1 Å². The van der Waals surface area contributed by atoms with Crippen molar-refractivity contribution in [2.24, 2.45) is 5.92 Å². The van der Waals surface area contributed by atoms with E-state index in [2.05, 4.69) is 44.2 Å². The number of carbonyl (C=O) groups excluding carboxylic acids is 1. The lowest BCUT2D eigenvalue weighted by Gasteiger charge is -2.37. The van der Waals surface area contributed by atoms with Gasteiger partial charge in [-0.2, -0.15) is 0 Å². The van der Waals surface area contributed by atoms with Gasteiger partial charge >= 0.3 is 6.03 Å². The third kappa shape index (κ3) is 7.56. The quantitative estimate of drug-likeness (QED) is 0.493. The summed E-state index contributed by atoms with van der Waals surface area (Å²) in [6.07, 6.45) is 3.80. The van der Waals surface area contributed by atoms with Crippen LogP contribution in [0.1, 0.15) is 38.0 Å². The van der Waals surface area contributed by atoms with Gasteiger partial charge in [-0.3, -0.25) is 4.98 Å². The molecule has 1 saturated heterocycles. The number of carbonyl (C=O) groups is 1. The van der Waals surface area contributed by atoms with Crippen molar-refractivity contribution in [3.05, 3.63) is 65.5 Å². The second-order valence-electron chi connectivity index (χ2n) is 10.7. The second kappa shape index (κ2) is 11.6. The number of urea groups is 1. The summed E-state index contributed by atoms with van der Waals surface area (Å²) in [6, 6.07) is 7.47. The maximum atomic E-state index is 13.7. The lowest BCUT2D eigenvalue weighted by molar-refractivity contribution is -0.0157. The molecule has 1 aromatic carbocycles. The summed E-state index contributed by atoms with van der Waals surface area (Å²) in [5, 5.41) is 3.15. The minimum atomic E-state index is -1.94. The van der Waals surface area contributed by atoms with Gasteiger partial charge < -0.3 is 19.4 Å². The first-order chi connectivity index (χ1) is 16.5. The smallest absolute Gasteiger partial charge is 0.317 e. The van der Waals surface area contributed by atoms with Crippen molar-refractivity contribution in [3.8, 4) is 0 Å². The molecule has 0 bridgehead atoms. The molecule has 2 aromatic rings. The molecular weight excluding hydrogens is 468 g/mol. The summed E-state index contributed by atoms with van der Waals surface area (Å²) < 4.78 is 39.2. The zero-order valence-corrected chi connectivity index (χ0v) is 22.3. The van der Waals surface area contributed by atoms with Crippen LogP contribution in [0.3, 0.4) is 0 Å². The van der Waals surface area contributed by atoms with Crippen LogP contribution in [0, 0.1) is 17.6 Å². The molecule has 35 heavy (non-hydrogen) atoms. The molecule has 2 unspecified atom stereocenters. The molecule has 2 amide bonds. The van der Waals surface area contributed by atoms with Gasteiger partial charge in [0.25, 0.3) is 0 Å². The largest absolute Gasteiger partial charge is 0.416 e. The molecule has 0 spiro atoms. The van der Waals surface area contributed by atoms with E-state index in [1.54, 1.807) is 17.3 Å². The Balaban J connectivity index is 1.61. The van der Waals surface area contributed by atoms with E-state index in [-0.39, 0.29) is 23.5 Å². The minimum Gasteiger partial charge on any atom is -0.416 e. The van der Waals surface area contributed by atoms with Gasteiger partial charge in [0, 0.05) is 38.0 Å². The predicted molar refractivity (Wildman–Crippen MR) is 135 cm³/mol. The van der Waals surface area contributed by atoms with E-state index in [9.17, 15) is 13.6 Å². The van der Waals surface area contributed by atoms with Crippen LogP contribution in [0.15, 0.2) is 42.7 Å². The number of hydrogen-bond acceptors (Lipinski definition) is 4. The Bertz CT molecular complexity index is 986. The number of amides is 2. The van der Waals surface area contributed by atoms with Gasteiger partial charge in [-0.25, -0.2) is 13.6 Å². The highest BCUT2D eigenvalue weighted by Crippen LogP contribution is 2.37. The molecule has 2 atom stereocenters. The minimum absolute atomic E-state index is 0.0958. The molecule has 6 nitrogen and oxygen atoms in total. The second-order valence-corrected chi connectivity index (χ2v) is 15.5. The SMILES string of the molecule is CC(C)(C)[Si](C)(C)OCC(CNC(=O)N1CCOC(c2ccc(F)c(F)c2)C1)Cc1ccncc1. The van der Waals surface area contributed by atoms with E-state index in [1.165, 1.54) is 6.07 Å². The van der Waals surface area contributed by atoms with Crippen LogP contribution in [0.25, 0.3) is 0 Å². The van der Waals surface area contributed by atoms with Crippen molar-refractivity contribution in [2.45, 2.75) is 51.4 Å². The van der Waals surface area contributed by atoms with Crippen LogP contribution in [0.4, 0.5) is 13.6 Å². The molecule has 2 heterocycles. The third-order valence-corrected chi connectivity index (χ3v) is 11.5. The summed E-state index contributed by atoms with van der Waals surface area (Å²) in [5.41, 5.74) is 1.66. The van der Waals surface area contributed by atoms with Crippen molar-refractivity contribution < 1.29 is 22.7 Å². The molecule has 1 aliphatic heterocycles. The van der Waals surface area contributed by atoms with E-state index in [4.69, 9.17) is 9.16 Å². The Morgan fingerprint density at radius 1 is 1.23 bits per heavy atom. The van der Waals surface area contributed by atoms with E-state index in [0.29, 0.717) is 31.9 Å². The van der Waals surface area contributed by atoms with Crippen LogP contribution in [-0.2, 0) is 15.6 Å². The highest BCUT2D eigenvalue weighted by atomic mass is 28.4. The average Bonchev–Trinajstić information content (AvgIpc) is 2.82. The molecule has 0 saturated carbocycles. The fourth-order valence-electron chi connectivity index (χ4n) is 3.68. The number of hydrogen-bond donors (Lipinski definition) is 1. The van der Waals surface area contributed by atoms with Crippen molar-refractivity contribution in [2.75, 3.05) is 32.8 Å². The van der Waals surface area contributed by atoms with Crippen LogP contribution in [0.5, 0.6) is 0 Å². The average molecular weight is 506 g/mol. The highest BCUT2D eigenvalue weighted by molar-refractivity contribution is 6.74. The zero-order chi connectivity index (χ0) is 25.6. The van der Waals surface area contributed by atoms with Crippen molar-refractivity contribution in [1.29, 1.82) is 0 Å². The van der Waals surface area contributed by atoms with Gasteiger partial charge in [0.1, 0.15) is 6.10 Å². The van der Waals surface area contributed by atoms with Crippen LogP contribution >= 0.6 is 0 Å². The maximum Gasteiger partial charge on any atom is 0.317 e. The molecule has 3 rings (SSSR count). The number of rotatable bonds is 8. The number of pyridine rings is 1. The third-order valence-electron chi connectivity index (χ3n) is 6.97. The number of morpholine rings is 1. The zero-order valence-electron chi connectivity index (χ0n) is 21.3. The molecule has 1 aromatic heterocycles. The fourth-order valence-corrected chi connectivity index (χ4v) is 4.76. The highest BCUT2D eigenvalue weighted by Gasteiger charge is 2.37. The number of nitrogens with one attached hydrogen (secondary N) is 1. The molecule has 0 aliphatic carbocycles. The lowest BCUT2D eigenvalue weighted by Crippen LogP contribution is -2.49. The predicted octanol–water partition coefficient (Wildman–Crippen LogP) is 5.32. The topological polar surface area (TPSA) is 63.7 Å². The number of halogens is 2. The summed E-state index contributed by atoms with van der Waals surface area (Å²) in [5.74, 6) is -1.73. The van der Waals surface area contributed by atoms with E-state index in [0.717, 1.165) is 24.1 Å². The summed E-state index contributed by atoms with van der Waals surface area (Å²) >= 11 is 0. The van der Waals surface area contributed by atoms with E-state index >= 15 is 0 Å². The Kier molecular flexibility index (Phi) is 9.01. The first-order valence-corrected chi connectivity index (χ1v) is 15.0. The van der Waals surface area contributed by atoms with Gasteiger partial charge in [-0.05, 0) is 59.9 Å². The summed E-state index contributed by atoms with van der Waals surface area (Å²) in [7, 11) is -1.94. The monoisotopic (exact) mass is 505 g/mol. The van der Waals surface area contributed by atoms with Crippen LogP contribution in [-0.4, -0.2) is 57.1 Å². The number of ether oxygens (including phenoxy) is 1. The molecular formula is C26H37F2N3O3Si. The maximum absolute atomic E-state index is 13.7. The summed E-state index contributed by atoms with van der Waals surface area (Å²) in [4.78, 5) is 18.7. The summed E-state index contributed by atoms with van der Waals surface area (Å²) in [6.45, 7) is 13.1. The van der Waals surface area contributed by atoms with Gasteiger partial charge in [0.2, 0.25) is 0 Å².